The fourth-order valence-corrected chi connectivity index (χ4v) is 3.36. The molecule has 1 aromatic rings. The second-order valence-electron chi connectivity index (χ2n) is 6.06. The summed E-state index contributed by atoms with van der Waals surface area (Å²) in [7, 11) is 1.54. The highest BCUT2D eigenvalue weighted by molar-refractivity contribution is 5.77. The summed E-state index contributed by atoms with van der Waals surface area (Å²) in [6, 6.07) is 7.14. The molecule has 6 heteroatoms. The summed E-state index contributed by atoms with van der Waals surface area (Å²) in [4.78, 5) is 13.7. The maximum Gasteiger partial charge on any atom is 0.248 e. The monoisotopic (exact) mass is 307 g/mol. The molecule has 1 amide bonds. The van der Waals surface area contributed by atoms with Crippen LogP contribution < -0.4 is 10.9 Å². The standard InChI is InChI=1S/C16H22FN3O2/c1-22-10-16(21)20-7-6-12(9-20)15-8-14(18-19-15)11-2-4-13(17)5-3-11/h2-5,12,14-15,18-19H,6-10H2,1H3. The Morgan fingerprint density at radius 2 is 2.14 bits per heavy atom. The molecule has 0 radical (unpaired) electrons. The largest absolute Gasteiger partial charge is 0.375 e. The lowest BCUT2D eigenvalue weighted by atomic mass is 9.93. The first-order valence-electron chi connectivity index (χ1n) is 7.70. The third-order valence-electron chi connectivity index (χ3n) is 4.62. The van der Waals surface area contributed by atoms with Crippen molar-refractivity contribution in [2.45, 2.75) is 24.9 Å². The zero-order valence-electron chi connectivity index (χ0n) is 12.7. The van der Waals surface area contributed by atoms with Gasteiger partial charge in [-0.2, -0.15) is 0 Å². The minimum Gasteiger partial charge on any atom is -0.375 e. The minimum atomic E-state index is -0.214. The molecule has 3 atom stereocenters. The van der Waals surface area contributed by atoms with Gasteiger partial charge in [-0.15, -0.1) is 0 Å². The first kappa shape index (κ1) is 15.4. The SMILES string of the molecule is COCC(=O)N1CCC(C2CC(c3ccc(F)cc3)NN2)C1. The van der Waals surface area contributed by atoms with E-state index >= 15 is 0 Å². The molecule has 120 valence electrons. The highest BCUT2D eigenvalue weighted by Gasteiger charge is 2.36. The van der Waals surface area contributed by atoms with Crippen molar-refractivity contribution in [1.29, 1.82) is 0 Å². The third-order valence-corrected chi connectivity index (χ3v) is 4.62. The predicted molar refractivity (Wildman–Crippen MR) is 80.4 cm³/mol. The average Bonchev–Trinajstić information content (AvgIpc) is 3.17. The Hall–Kier alpha value is -1.50. The molecule has 3 rings (SSSR count). The fraction of sp³-hybridized carbons (Fsp3) is 0.562. The third kappa shape index (κ3) is 3.29. The summed E-state index contributed by atoms with van der Waals surface area (Å²) in [5.41, 5.74) is 7.71. The number of rotatable bonds is 4. The molecule has 0 spiro atoms. The average molecular weight is 307 g/mol. The van der Waals surface area contributed by atoms with Crippen molar-refractivity contribution in [2.24, 2.45) is 5.92 Å². The number of benzene rings is 1. The number of nitrogens with one attached hydrogen (secondary N) is 2. The molecule has 2 aliphatic heterocycles. The molecule has 1 aromatic carbocycles. The van der Waals surface area contributed by atoms with Crippen molar-refractivity contribution < 1.29 is 13.9 Å². The molecule has 0 bridgehead atoms. The molecule has 5 nitrogen and oxygen atoms in total. The van der Waals surface area contributed by atoms with E-state index in [1.165, 1.54) is 12.1 Å². The quantitative estimate of drug-likeness (QED) is 0.878. The molecular weight excluding hydrogens is 285 g/mol. The van der Waals surface area contributed by atoms with E-state index < -0.39 is 0 Å². The van der Waals surface area contributed by atoms with E-state index in [-0.39, 0.29) is 24.4 Å². The second-order valence-corrected chi connectivity index (χ2v) is 6.06. The Morgan fingerprint density at radius 3 is 2.86 bits per heavy atom. The van der Waals surface area contributed by atoms with Gasteiger partial charge in [0, 0.05) is 32.3 Å². The number of amides is 1. The number of carbonyl (C=O) groups excluding carboxylic acids is 1. The van der Waals surface area contributed by atoms with Crippen LogP contribution in [0.2, 0.25) is 0 Å². The van der Waals surface area contributed by atoms with Gasteiger partial charge >= 0.3 is 0 Å². The normalized spacial score (nSPS) is 28.3. The maximum atomic E-state index is 13.0. The molecule has 0 aromatic heterocycles. The zero-order chi connectivity index (χ0) is 15.5. The number of methoxy groups -OCH3 is 1. The van der Waals surface area contributed by atoms with Crippen LogP contribution in [0.25, 0.3) is 0 Å². The Balaban J connectivity index is 1.55. The number of ether oxygens (including phenoxy) is 1. The number of likely N-dealkylation sites (tertiary alicyclic amines) is 1. The fourth-order valence-electron chi connectivity index (χ4n) is 3.36. The lowest BCUT2D eigenvalue weighted by molar-refractivity contribution is -0.134. The van der Waals surface area contributed by atoms with Crippen molar-refractivity contribution in [1.82, 2.24) is 15.8 Å². The van der Waals surface area contributed by atoms with Gasteiger partial charge in [0.15, 0.2) is 0 Å². The van der Waals surface area contributed by atoms with Crippen LogP contribution in [0.1, 0.15) is 24.4 Å². The van der Waals surface area contributed by atoms with Gasteiger partial charge in [-0.1, -0.05) is 12.1 Å². The molecule has 2 heterocycles. The van der Waals surface area contributed by atoms with Crippen molar-refractivity contribution in [2.75, 3.05) is 26.8 Å². The number of hydrogen-bond acceptors (Lipinski definition) is 4. The van der Waals surface area contributed by atoms with E-state index in [0.29, 0.717) is 12.0 Å². The predicted octanol–water partition coefficient (Wildman–Crippen LogP) is 1.23. The maximum absolute atomic E-state index is 13.0. The van der Waals surface area contributed by atoms with Gasteiger partial charge in [0.05, 0.1) is 0 Å². The van der Waals surface area contributed by atoms with Crippen LogP contribution in [0.5, 0.6) is 0 Å². The topological polar surface area (TPSA) is 53.6 Å². The first-order chi connectivity index (χ1) is 10.7. The van der Waals surface area contributed by atoms with Crippen molar-refractivity contribution in [3.8, 4) is 0 Å². The number of nitrogens with zero attached hydrogens (tertiary/aromatic N) is 1. The number of hydrazine groups is 1. The van der Waals surface area contributed by atoms with Gasteiger partial charge in [-0.25, -0.2) is 4.39 Å². The summed E-state index contributed by atoms with van der Waals surface area (Å²) in [6.45, 7) is 1.73. The summed E-state index contributed by atoms with van der Waals surface area (Å²) >= 11 is 0. The van der Waals surface area contributed by atoms with Gasteiger partial charge in [0.2, 0.25) is 5.91 Å². The molecule has 2 saturated heterocycles. The number of hydrogen-bond donors (Lipinski definition) is 2. The van der Waals surface area contributed by atoms with E-state index in [4.69, 9.17) is 4.74 Å². The van der Waals surface area contributed by atoms with Gasteiger partial charge in [0.1, 0.15) is 12.4 Å². The van der Waals surface area contributed by atoms with Gasteiger partial charge in [0.25, 0.3) is 0 Å². The summed E-state index contributed by atoms with van der Waals surface area (Å²) in [5.74, 6) is 0.291. The molecule has 3 unspecified atom stereocenters. The van der Waals surface area contributed by atoms with Crippen LogP contribution in [0.15, 0.2) is 24.3 Å². The van der Waals surface area contributed by atoms with Crippen LogP contribution in [-0.4, -0.2) is 43.7 Å². The van der Waals surface area contributed by atoms with E-state index in [1.807, 2.05) is 17.0 Å². The van der Waals surface area contributed by atoms with Gasteiger partial charge in [-0.3, -0.25) is 15.6 Å². The molecule has 22 heavy (non-hydrogen) atoms. The Kier molecular flexibility index (Phi) is 4.71. The molecule has 2 aliphatic rings. The van der Waals surface area contributed by atoms with E-state index in [9.17, 15) is 9.18 Å². The highest BCUT2D eigenvalue weighted by Crippen LogP contribution is 2.30. The first-order valence-corrected chi connectivity index (χ1v) is 7.70. The van der Waals surface area contributed by atoms with E-state index in [0.717, 1.165) is 31.5 Å². The molecule has 0 aliphatic carbocycles. The van der Waals surface area contributed by atoms with Gasteiger partial charge < -0.3 is 9.64 Å². The van der Waals surface area contributed by atoms with Crippen LogP contribution in [0, 0.1) is 11.7 Å². The summed E-state index contributed by atoms with van der Waals surface area (Å²) < 4.78 is 17.9. The van der Waals surface area contributed by atoms with E-state index in [2.05, 4.69) is 10.9 Å². The highest BCUT2D eigenvalue weighted by atomic mass is 19.1. The lowest BCUT2D eigenvalue weighted by Crippen LogP contribution is -2.38. The van der Waals surface area contributed by atoms with Crippen LogP contribution in [0.3, 0.4) is 0 Å². The smallest absolute Gasteiger partial charge is 0.248 e. The minimum absolute atomic E-state index is 0.0611. The Bertz CT molecular complexity index is 523. The second kappa shape index (κ2) is 6.73. The summed E-state index contributed by atoms with van der Waals surface area (Å²) in [5, 5.41) is 0. The van der Waals surface area contributed by atoms with Crippen molar-refractivity contribution in [3.05, 3.63) is 35.6 Å². The molecule has 2 N–H and O–H groups in total. The van der Waals surface area contributed by atoms with Crippen LogP contribution >= 0.6 is 0 Å². The van der Waals surface area contributed by atoms with Gasteiger partial charge in [-0.05, 0) is 36.5 Å². The van der Waals surface area contributed by atoms with Crippen molar-refractivity contribution >= 4 is 5.91 Å². The molecule has 0 saturated carbocycles. The Morgan fingerprint density at radius 1 is 1.36 bits per heavy atom. The summed E-state index contributed by atoms with van der Waals surface area (Å²) in [6.07, 6.45) is 1.95. The van der Waals surface area contributed by atoms with Crippen LogP contribution in [-0.2, 0) is 9.53 Å². The zero-order valence-corrected chi connectivity index (χ0v) is 12.7. The lowest BCUT2D eigenvalue weighted by Gasteiger charge is -2.19. The van der Waals surface area contributed by atoms with E-state index in [1.54, 1.807) is 7.11 Å². The Labute approximate surface area is 129 Å². The van der Waals surface area contributed by atoms with Crippen LogP contribution in [0.4, 0.5) is 4.39 Å². The van der Waals surface area contributed by atoms with Crippen molar-refractivity contribution in [3.63, 3.8) is 0 Å². The number of carbonyl (C=O) groups is 1. The number of halogens is 1. The molecule has 2 fully saturated rings. The molecular formula is C16H22FN3O2.